The molecule has 1 saturated carbocycles. The molecule has 172 valence electrons. The monoisotopic (exact) mass is 484 g/mol. The molecule has 4 rings (SSSR count). The van der Waals surface area contributed by atoms with Crippen LogP contribution in [0.1, 0.15) is 35.7 Å². The summed E-state index contributed by atoms with van der Waals surface area (Å²) in [6.07, 6.45) is 2.01. The molecule has 0 heterocycles. The van der Waals surface area contributed by atoms with E-state index in [9.17, 15) is 13.2 Å². The van der Waals surface area contributed by atoms with Crippen LogP contribution in [0.15, 0.2) is 77.7 Å². The molecule has 1 fully saturated rings. The highest BCUT2D eigenvalue weighted by atomic mass is 35.5. The number of anilines is 1. The van der Waals surface area contributed by atoms with Crippen LogP contribution in [0.2, 0.25) is 5.02 Å². The van der Waals surface area contributed by atoms with Crippen LogP contribution in [0.5, 0.6) is 5.75 Å². The molecule has 3 aromatic rings. The third-order valence-corrected chi connectivity index (χ3v) is 7.59. The Morgan fingerprint density at radius 2 is 1.73 bits per heavy atom. The molecular weight excluding hydrogens is 460 g/mol. The number of carbonyl (C=O) groups is 1. The van der Waals surface area contributed by atoms with Crippen LogP contribution in [0.25, 0.3) is 0 Å². The summed E-state index contributed by atoms with van der Waals surface area (Å²) in [5.41, 5.74) is 1.75. The van der Waals surface area contributed by atoms with Gasteiger partial charge in [-0.2, -0.15) is 0 Å². The molecule has 0 aliphatic heterocycles. The van der Waals surface area contributed by atoms with Gasteiger partial charge in [0.15, 0.2) is 0 Å². The smallest absolute Gasteiger partial charge is 0.263 e. The Morgan fingerprint density at radius 3 is 2.36 bits per heavy atom. The van der Waals surface area contributed by atoms with Crippen LogP contribution in [0, 0.1) is 0 Å². The lowest BCUT2D eigenvalue weighted by molar-refractivity contribution is 0.0949. The number of benzene rings is 3. The van der Waals surface area contributed by atoms with Crippen molar-refractivity contribution in [2.24, 2.45) is 0 Å². The number of ether oxygens (including phenoxy) is 1. The minimum absolute atomic E-state index is 0.0351. The van der Waals surface area contributed by atoms with Gasteiger partial charge in [-0.15, -0.1) is 0 Å². The van der Waals surface area contributed by atoms with Crippen LogP contribution in [0.4, 0.5) is 5.69 Å². The molecule has 0 radical (unpaired) electrons. The molecule has 6 nitrogen and oxygen atoms in total. The van der Waals surface area contributed by atoms with Gasteiger partial charge in [0.2, 0.25) is 0 Å². The lowest BCUT2D eigenvalue weighted by Crippen LogP contribution is -2.32. The summed E-state index contributed by atoms with van der Waals surface area (Å²) in [4.78, 5) is 12.7. The Kier molecular flexibility index (Phi) is 6.63. The van der Waals surface area contributed by atoms with Crippen molar-refractivity contribution in [2.45, 2.75) is 30.1 Å². The van der Waals surface area contributed by atoms with Crippen molar-refractivity contribution < 1.29 is 17.9 Å². The number of carbonyl (C=O) groups excluding carboxylic acids is 1. The first-order valence-corrected chi connectivity index (χ1v) is 12.6. The fourth-order valence-electron chi connectivity index (χ4n) is 3.71. The van der Waals surface area contributed by atoms with Gasteiger partial charge in [-0.05, 0) is 67.8 Å². The van der Waals surface area contributed by atoms with Crippen molar-refractivity contribution >= 4 is 33.2 Å². The minimum Gasteiger partial charge on any atom is -0.494 e. The van der Waals surface area contributed by atoms with Gasteiger partial charge in [0.05, 0.1) is 11.6 Å². The lowest BCUT2D eigenvalue weighted by Gasteiger charge is -2.17. The number of halogens is 1. The van der Waals surface area contributed by atoms with Crippen LogP contribution < -0.4 is 14.8 Å². The number of hydrogen-bond acceptors (Lipinski definition) is 4. The molecule has 8 heteroatoms. The number of sulfonamides is 1. The maximum atomic E-state index is 13.0. The van der Waals surface area contributed by atoms with Crippen molar-refractivity contribution in [1.82, 2.24) is 5.32 Å². The molecular formula is C25H25ClN2O4S. The van der Waals surface area contributed by atoms with Gasteiger partial charge < -0.3 is 10.1 Å². The van der Waals surface area contributed by atoms with E-state index in [4.69, 9.17) is 16.3 Å². The fraction of sp³-hybridized carbons (Fsp3) is 0.240. The molecule has 3 aromatic carbocycles. The Labute approximate surface area is 199 Å². The van der Waals surface area contributed by atoms with Crippen molar-refractivity contribution in [3.05, 3.63) is 88.9 Å². The minimum atomic E-state index is -4.00. The summed E-state index contributed by atoms with van der Waals surface area (Å²) >= 11 is 6.19. The van der Waals surface area contributed by atoms with Crippen LogP contribution >= 0.6 is 11.6 Å². The Bertz CT molecular complexity index is 1240. The average Bonchev–Trinajstić information content (AvgIpc) is 3.61. The zero-order valence-corrected chi connectivity index (χ0v) is 19.7. The fourth-order valence-corrected chi connectivity index (χ4v) is 5.29. The third kappa shape index (κ3) is 5.31. The molecule has 1 amide bonds. The van der Waals surface area contributed by atoms with E-state index >= 15 is 0 Å². The van der Waals surface area contributed by atoms with Gasteiger partial charge in [0.1, 0.15) is 10.6 Å². The number of nitrogens with one attached hydrogen (secondary N) is 2. The van der Waals surface area contributed by atoms with Crippen LogP contribution in [-0.2, 0) is 15.4 Å². The second-order valence-corrected chi connectivity index (χ2v) is 10.1. The maximum absolute atomic E-state index is 13.0. The van der Waals surface area contributed by atoms with Crippen molar-refractivity contribution in [1.29, 1.82) is 0 Å². The summed E-state index contributed by atoms with van der Waals surface area (Å²) in [5, 5.41) is 2.99. The zero-order valence-electron chi connectivity index (χ0n) is 18.2. The lowest BCUT2D eigenvalue weighted by atomic mass is 9.96. The van der Waals surface area contributed by atoms with E-state index in [1.165, 1.54) is 23.8 Å². The summed E-state index contributed by atoms with van der Waals surface area (Å²) in [5.74, 6) is 0.299. The molecule has 33 heavy (non-hydrogen) atoms. The molecule has 0 unspecified atom stereocenters. The van der Waals surface area contributed by atoms with Crippen LogP contribution in [-0.4, -0.2) is 27.5 Å². The van der Waals surface area contributed by atoms with Crippen molar-refractivity contribution in [3.63, 3.8) is 0 Å². The topological polar surface area (TPSA) is 84.5 Å². The zero-order chi connectivity index (χ0) is 23.5. The normalized spacial score (nSPS) is 14.4. The molecule has 0 atom stereocenters. The first-order chi connectivity index (χ1) is 15.8. The van der Waals surface area contributed by atoms with E-state index in [0.29, 0.717) is 24.6 Å². The van der Waals surface area contributed by atoms with Gasteiger partial charge in [0, 0.05) is 23.2 Å². The quantitative estimate of drug-likeness (QED) is 0.447. The molecule has 2 N–H and O–H groups in total. The predicted molar refractivity (Wildman–Crippen MR) is 130 cm³/mol. The van der Waals surface area contributed by atoms with E-state index in [1.54, 1.807) is 24.3 Å². The first kappa shape index (κ1) is 23.1. The molecule has 0 bridgehead atoms. The van der Waals surface area contributed by atoms with Crippen LogP contribution in [0.3, 0.4) is 0 Å². The average molecular weight is 485 g/mol. The predicted octanol–water partition coefficient (Wildman–Crippen LogP) is 5.00. The molecule has 0 aromatic heterocycles. The van der Waals surface area contributed by atoms with E-state index in [-0.39, 0.29) is 26.8 Å². The number of hydrogen-bond donors (Lipinski definition) is 2. The molecule has 1 aliphatic carbocycles. The van der Waals surface area contributed by atoms with Gasteiger partial charge >= 0.3 is 0 Å². The standard InChI is InChI=1S/C25H25ClN2O4S/c1-2-32-21-11-9-20(10-12-21)28-33(30,31)23-16-18(8-13-22(23)26)24(29)27-17-25(14-15-25)19-6-4-3-5-7-19/h3-13,16,28H,2,14-15,17H2,1H3,(H,27,29). The van der Waals surface area contributed by atoms with Gasteiger partial charge in [-0.3, -0.25) is 9.52 Å². The Balaban J connectivity index is 1.48. The van der Waals surface area contributed by atoms with E-state index in [1.807, 2.05) is 25.1 Å². The van der Waals surface area contributed by atoms with Gasteiger partial charge in [0.25, 0.3) is 15.9 Å². The van der Waals surface area contributed by atoms with Gasteiger partial charge in [-0.1, -0.05) is 41.9 Å². The van der Waals surface area contributed by atoms with E-state index in [2.05, 4.69) is 22.2 Å². The molecule has 1 aliphatic rings. The van der Waals surface area contributed by atoms with Crippen molar-refractivity contribution in [2.75, 3.05) is 17.9 Å². The molecule has 0 saturated heterocycles. The summed E-state index contributed by atoms with van der Waals surface area (Å²) in [7, 11) is -4.00. The van der Waals surface area contributed by atoms with E-state index in [0.717, 1.165) is 12.8 Å². The largest absolute Gasteiger partial charge is 0.494 e. The van der Waals surface area contributed by atoms with Gasteiger partial charge in [-0.25, -0.2) is 8.42 Å². The van der Waals surface area contributed by atoms with Crippen molar-refractivity contribution in [3.8, 4) is 5.75 Å². The Hall–Kier alpha value is -3.03. The first-order valence-electron chi connectivity index (χ1n) is 10.7. The maximum Gasteiger partial charge on any atom is 0.263 e. The highest BCUT2D eigenvalue weighted by Gasteiger charge is 2.44. The van der Waals surface area contributed by atoms with E-state index < -0.39 is 10.0 Å². The highest BCUT2D eigenvalue weighted by molar-refractivity contribution is 7.92. The second-order valence-electron chi connectivity index (χ2n) is 8.04. The molecule has 0 spiro atoms. The summed E-state index contributed by atoms with van der Waals surface area (Å²) < 4.78 is 33.8. The summed E-state index contributed by atoms with van der Waals surface area (Å²) in [6.45, 7) is 2.88. The number of rotatable bonds is 9. The Morgan fingerprint density at radius 1 is 1.03 bits per heavy atom. The SMILES string of the molecule is CCOc1ccc(NS(=O)(=O)c2cc(C(=O)NCC3(c4ccccc4)CC3)ccc2Cl)cc1. The second kappa shape index (κ2) is 9.45. The highest BCUT2D eigenvalue weighted by Crippen LogP contribution is 2.47. The summed E-state index contributed by atoms with van der Waals surface area (Å²) in [6, 6.07) is 20.9. The number of amides is 1. The third-order valence-electron chi connectivity index (χ3n) is 5.73.